The fourth-order valence-corrected chi connectivity index (χ4v) is 3.20. The maximum Gasteiger partial charge on any atom is 0.323 e. The normalized spacial score (nSPS) is 14.1. The van der Waals surface area contributed by atoms with Gasteiger partial charge in [-0.2, -0.15) is 0 Å². The van der Waals surface area contributed by atoms with Gasteiger partial charge in [0.25, 0.3) is 11.8 Å². The van der Waals surface area contributed by atoms with Crippen LogP contribution in [-0.4, -0.2) is 67.3 Å². The number of fused-ring (bicyclic) bond motifs is 1. The van der Waals surface area contributed by atoms with E-state index in [2.05, 4.69) is 0 Å². The van der Waals surface area contributed by atoms with Crippen LogP contribution in [0.4, 0.5) is 5.69 Å². The van der Waals surface area contributed by atoms with E-state index >= 15 is 0 Å². The Morgan fingerprint density at radius 2 is 1.83 bits per heavy atom. The van der Waals surface area contributed by atoms with Crippen LogP contribution < -0.4 is 4.31 Å². The van der Waals surface area contributed by atoms with E-state index in [1.165, 1.54) is 18.2 Å². The predicted molar refractivity (Wildman–Crippen MR) is 78.7 cm³/mol. The first-order chi connectivity index (χ1) is 10.7. The number of carboxylic acid groups (broad SMARTS) is 1. The van der Waals surface area contributed by atoms with Crippen molar-refractivity contribution in [2.45, 2.75) is 0 Å². The van der Waals surface area contributed by atoms with E-state index in [0.29, 0.717) is 4.90 Å². The molecule has 1 aromatic rings. The van der Waals surface area contributed by atoms with Crippen LogP contribution in [0.25, 0.3) is 0 Å². The lowest BCUT2D eigenvalue weighted by atomic mass is 10.1. The molecule has 1 aromatic carbocycles. The van der Waals surface area contributed by atoms with Crippen molar-refractivity contribution in [3.05, 3.63) is 29.3 Å². The molecule has 0 atom stereocenters. The highest BCUT2D eigenvalue weighted by Crippen LogP contribution is 2.28. The summed E-state index contributed by atoms with van der Waals surface area (Å²) in [5.41, 5.74) is 0.0522. The minimum atomic E-state index is -3.69. The van der Waals surface area contributed by atoms with Crippen LogP contribution in [0.3, 0.4) is 0 Å². The Hall–Kier alpha value is -2.46. The molecule has 10 heteroatoms. The fourth-order valence-electron chi connectivity index (χ4n) is 2.29. The van der Waals surface area contributed by atoms with Crippen molar-refractivity contribution in [1.29, 1.82) is 0 Å². The van der Waals surface area contributed by atoms with E-state index in [9.17, 15) is 22.8 Å². The minimum Gasteiger partial charge on any atom is -0.480 e. The summed E-state index contributed by atoms with van der Waals surface area (Å²) in [6, 6.07) is 3.79. The molecule has 0 spiro atoms. The van der Waals surface area contributed by atoms with Crippen molar-refractivity contribution >= 4 is 33.5 Å². The molecule has 0 bridgehead atoms. The number of carbonyl (C=O) groups is 3. The topological polar surface area (TPSA) is 132 Å². The van der Waals surface area contributed by atoms with Crippen LogP contribution in [0.1, 0.15) is 20.7 Å². The fraction of sp³-hybridized carbons (Fsp3) is 0.308. The number of imide groups is 1. The lowest BCUT2D eigenvalue weighted by Crippen LogP contribution is -2.34. The van der Waals surface area contributed by atoms with Crippen molar-refractivity contribution in [2.24, 2.45) is 0 Å². The number of aliphatic carboxylic acids is 1. The number of carboxylic acids is 1. The first-order valence-corrected chi connectivity index (χ1v) is 8.32. The quantitative estimate of drug-likeness (QED) is 0.642. The zero-order chi connectivity index (χ0) is 17.4. The van der Waals surface area contributed by atoms with Gasteiger partial charge < -0.3 is 10.2 Å². The number of hydrogen-bond acceptors (Lipinski definition) is 6. The van der Waals surface area contributed by atoms with Crippen LogP contribution in [0.15, 0.2) is 18.2 Å². The Bertz CT molecular complexity index is 788. The average molecular weight is 342 g/mol. The van der Waals surface area contributed by atoms with Crippen LogP contribution in [-0.2, 0) is 14.8 Å². The number of carbonyl (C=O) groups excluding carboxylic acids is 2. The molecule has 2 rings (SSSR count). The molecule has 0 aromatic heterocycles. The zero-order valence-corrected chi connectivity index (χ0v) is 12.9. The van der Waals surface area contributed by atoms with Gasteiger partial charge in [0.2, 0.25) is 10.0 Å². The number of benzene rings is 1. The number of hydrogen-bond donors (Lipinski definition) is 2. The molecule has 1 aliphatic rings. The minimum absolute atomic E-state index is 0.0115. The van der Waals surface area contributed by atoms with Gasteiger partial charge in [0.05, 0.1) is 36.2 Å². The summed E-state index contributed by atoms with van der Waals surface area (Å²) in [6.45, 7) is -1.41. The molecule has 0 aliphatic carbocycles. The molecule has 0 unspecified atom stereocenters. The number of amides is 2. The smallest absolute Gasteiger partial charge is 0.323 e. The highest BCUT2D eigenvalue weighted by Gasteiger charge is 2.37. The van der Waals surface area contributed by atoms with Crippen molar-refractivity contribution in [3.63, 3.8) is 0 Å². The van der Waals surface area contributed by atoms with Gasteiger partial charge in [0.15, 0.2) is 0 Å². The number of rotatable bonds is 6. The predicted octanol–water partition coefficient (Wildman–Crippen LogP) is -0.875. The highest BCUT2D eigenvalue weighted by atomic mass is 32.2. The number of anilines is 1. The molecule has 1 heterocycles. The summed E-state index contributed by atoms with van der Waals surface area (Å²) in [5.74, 6) is -2.88. The monoisotopic (exact) mass is 342 g/mol. The Balaban J connectivity index is 2.46. The Kier molecular flexibility index (Phi) is 4.39. The molecule has 0 fully saturated rings. The largest absolute Gasteiger partial charge is 0.480 e. The lowest BCUT2D eigenvalue weighted by Gasteiger charge is -2.21. The molecule has 124 valence electrons. The lowest BCUT2D eigenvalue weighted by molar-refractivity contribution is -0.137. The summed E-state index contributed by atoms with van der Waals surface area (Å²) in [5, 5.41) is 17.7. The molecule has 2 amide bonds. The van der Waals surface area contributed by atoms with Gasteiger partial charge in [-0.15, -0.1) is 0 Å². The van der Waals surface area contributed by atoms with Crippen molar-refractivity contribution in [3.8, 4) is 0 Å². The Morgan fingerprint density at radius 1 is 1.22 bits per heavy atom. The number of aliphatic hydroxyl groups is 1. The molecule has 2 N–H and O–H groups in total. The molecule has 0 saturated carbocycles. The van der Waals surface area contributed by atoms with Gasteiger partial charge in [0.1, 0.15) is 6.54 Å². The molecule has 23 heavy (non-hydrogen) atoms. The van der Waals surface area contributed by atoms with Crippen molar-refractivity contribution in [2.75, 3.05) is 30.3 Å². The SMILES string of the molecule is CS(=O)(=O)N(CCO)c1ccc2c(c1)C(=O)N(CC(=O)O)C2=O. The Labute approximate surface area is 131 Å². The van der Waals surface area contributed by atoms with Gasteiger partial charge in [-0.3, -0.25) is 23.6 Å². The van der Waals surface area contributed by atoms with E-state index in [1.807, 2.05) is 0 Å². The highest BCUT2D eigenvalue weighted by molar-refractivity contribution is 7.92. The van der Waals surface area contributed by atoms with Crippen LogP contribution in [0.5, 0.6) is 0 Å². The van der Waals surface area contributed by atoms with E-state index in [0.717, 1.165) is 10.6 Å². The van der Waals surface area contributed by atoms with Gasteiger partial charge in [0, 0.05) is 0 Å². The molecule has 9 nitrogen and oxygen atoms in total. The summed E-state index contributed by atoms with van der Waals surface area (Å²) in [7, 11) is -3.69. The second kappa shape index (κ2) is 5.97. The maximum absolute atomic E-state index is 12.1. The Morgan fingerprint density at radius 3 is 2.35 bits per heavy atom. The summed E-state index contributed by atoms with van der Waals surface area (Å²) in [4.78, 5) is 35.5. The van der Waals surface area contributed by atoms with Crippen LogP contribution in [0.2, 0.25) is 0 Å². The van der Waals surface area contributed by atoms with Crippen molar-refractivity contribution in [1.82, 2.24) is 4.90 Å². The van der Waals surface area contributed by atoms with E-state index < -0.39 is 41.0 Å². The second-order valence-electron chi connectivity index (χ2n) is 4.88. The maximum atomic E-state index is 12.1. The molecular formula is C13H14N2O7S. The molecule has 1 aliphatic heterocycles. The van der Waals surface area contributed by atoms with Gasteiger partial charge >= 0.3 is 5.97 Å². The first kappa shape index (κ1) is 16.9. The summed E-state index contributed by atoms with van der Waals surface area (Å²) in [6.07, 6.45) is 0.944. The molecule has 0 saturated heterocycles. The van der Waals surface area contributed by atoms with Gasteiger partial charge in [-0.25, -0.2) is 8.42 Å². The van der Waals surface area contributed by atoms with Gasteiger partial charge in [-0.1, -0.05) is 0 Å². The van der Waals surface area contributed by atoms with Crippen molar-refractivity contribution < 1.29 is 33.0 Å². The number of nitrogens with zero attached hydrogens (tertiary/aromatic N) is 2. The van der Waals surface area contributed by atoms with Crippen LogP contribution in [0, 0.1) is 0 Å². The third-order valence-corrected chi connectivity index (χ3v) is 4.43. The third kappa shape index (κ3) is 3.17. The first-order valence-electron chi connectivity index (χ1n) is 6.47. The van der Waals surface area contributed by atoms with E-state index in [4.69, 9.17) is 10.2 Å². The van der Waals surface area contributed by atoms with Crippen LogP contribution >= 0.6 is 0 Å². The second-order valence-corrected chi connectivity index (χ2v) is 6.79. The standard InChI is InChI=1S/C13H14N2O7S/c1-23(21,22)15(4-5-16)8-2-3-9-10(6-8)13(20)14(12(9)19)7-11(17)18/h2-3,6,16H,4-5,7H2,1H3,(H,17,18). The van der Waals surface area contributed by atoms with Gasteiger partial charge in [-0.05, 0) is 18.2 Å². The summed E-state index contributed by atoms with van der Waals surface area (Å²) >= 11 is 0. The van der Waals surface area contributed by atoms with E-state index in [1.54, 1.807) is 0 Å². The van der Waals surface area contributed by atoms with E-state index in [-0.39, 0.29) is 23.4 Å². The average Bonchev–Trinajstić information content (AvgIpc) is 2.68. The zero-order valence-electron chi connectivity index (χ0n) is 12.1. The molecule has 0 radical (unpaired) electrons. The molecular weight excluding hydrogens is 328 g/mol. The summed E-state index contributed by atoms with van der Waals surface area (Å²) < 4.78 is 24.4. The number of sulfonamides is 1. The third-order valence-electron chi connectivity index (χ3n) is 3.24. The number of aliphatic hydroxyl groups excluding tert-OH is 1.